The largest absolute Gasteiger partial charge is 0.446 e. The number of halogens is 17. The van der Waals surface area contributed by atoms with Crippen LogP contribution in [-0.4, -0.2) is 54.5 Å². The zero-order valence-electron chi connectivity index (χ0n) is 12.1. The Kier molecular flexibility index (Phi) is 6.08. The van der Waals surface area contributed by atoms with Crippen LogP contribution in [0.1, 0.15) is 0 Å². The molecule has 0 rings (SSSR count). The van der Waals surface area contributed by atoms with Gasteiger partial charge in [0.05, 0.1) is 0 Å². The van der Waals surface area contributed by atoms with E-state index in [1.54, 1.807) is 0 Å². The molecule has 1 unspecified atom stereocenters. The molecule has 0 fully saturated rings. The highest BCUT2D eigenvalue weighted by molar-refractivity contribution is 7.87. The first-order valence-corrected chi connectivity index (χ1v) is 7.12. The zero-order valence-corrected chi connectivity index (χ0v) is 12.9. The lowest BCUT2D eigenvalue weighted by Crippen LogP contribution is -2.78. The topological polar surface area (TPSA) is 54.4 Å². The van der Waals surface area contributed by atoms with Gasteiger partial charge in [0.1, 0.15) is 0 Å². The summed E-state index contributed by atoms with van der Waals surface area (Å²) in [5, 5.41) is -8.44. The van der Waals surface area contributed by atoms with Crippen molar-refractivity contribution in [1.29, 1.82) is 0 Å². The molecule has 0 aliphatic carbocycles. The van der Waals surface area contributed by atoms with Crippen molar-refractivity contribution in [2.24, 2.45) is 5.41 Å². The van der Waals surface area contributed by atoms with Crippen LogP contribution in [0.4, 0.5) is 74.6 Å². The van der Waals surface area contributed by atoms with Crippen molar-refractivity contribution < 1.29 is 87.6 Å². The quantitative estimate of drug-likeness (QED) is 0.435. The van der Waals surface area contributed by atoms with Crippen molar-refractivity contribution in [2.45, 2.75) is 41.6 Å². The van der Waals surface area contributed by atoms with E-state index in [1.165, 1.54) is 0 Å². The molecule has 0 aromatic carbocycles. The molecule has 0 saturated carbocycles. The van der Waals surface area contributed by atoms with Gasteiger partial charge in [-0.1, -0.05) is 0 Å². The van der Waals surface area contributed by atoms with E-state index in [4.69, 9.17) is 4.55 Å². The highest BCUT2D eigenvalue weighted by atomic mass is 32.2. The van der Waals surface area contributed by atoms with E-state index in [-0.39, 0.29) is 0 Å². The lowest BCUT2D eigenvalue weighted by atomic mass is 9.74. The Hall–Kier alpha value is -1.28. The maximum absolute atomic E-state index is 13.5. The van der Waals surface area contributed by atoms with E-state index in [1.807, 2.05) is 0 Å². The third-order valence-corrected chi connectivity index (χ3v) is 4.46. The Morgan fingerprint density at radius 3 is 0.828 bits per heavy atom. The second-order valence-electron chi connectivity index (χ2n) is 4.96. The number of hydrogen-bond acceptors (Lipinski definition) is 2. The van der Waals surface area contributed by atoms with Gasteiger partial charge in [-0.05, 0) is 0 Å². The Morgan fingerprint density at radius 2 is 0.690 bits per heavy atom. The summed E-state index contributed by atoms with van der Waals surface area (Å²) in [6.07, 6.45) is -34.1. The number of hydrogen-bond donors (Lipinski definition) is 1. The number of alkyl halides is 17. The van der Waals surface area contributed by atoms with Crippen molar-refractivity contribution in [2.75, 3.05) is 0 Å². The van der Waals surface area contributed by atoms with E-state index in [9.17, 15) is 83.1 Å². The number of rotatable bonds is 4. The molecule has 1 N–H and O–H groups in total. The Balaban J connectivity index is 7.82. The van der Waals surface area contributed by atoms with Crippen LogP contribution in [0.3, 0.4) is 0 Å². The maximum Gasteiger partial charge on any atom is 0.446 e. The second kappa shape index (κ2) is 6.36. The third kappa shape index (κ3) is 3.26. The van der Waals surface area contributed by atoms with Gasteiger partial charge >= 0.3 is 57.1 Å². The monoisotopic (exact) mass is 500 g/mol. The molecule has 0 aliphatic rings. The summed E-state index contributed by atoms with van der Waals surface area (Å²) in [6, 6.07) is 0. The Morgan fingerprint density at radius 1 is 0.448 bits per heavy atom. The van der Waals surface area contributed by atoms with Gasteiger partial charge in [0.2, 0.25) is 0 Å². The van der Waals surface area contributed by atoms with Gasteiger partial charge in [0, 0.05) is 0 Å². The highest BCUT2D eigenvalue weighted by Gasteiger charge is 3.02. The van der Waals surface area contributed by atoms with Crippen molar-refractivity contribution in [3.8, 4) is 0 Å². The summed E-state index contributed by atoms with van der Waals surface area (Å²) in [6.45, 7) is 0. The summed E-state index contributed by atoms with van der Waals surface area (Å²) in [7, 11) is -8.48. The first-order chi connectivity index (χ1) is 12.0. The summed E-state index contributed by atoms with van der Waals surface area (Å²) in [4.78, 5) is 0. The molecule has 0 aromatic rings. The van der Waals surface area contributed by atoms with Crippen molar-refractivity contribution in [3.05, 3.63) is 0 Å². The molecule has 0 saturated heterocycles. The van der Waals surface area contributed by atoms with E-state index in [0.717, 1.165) is 0 Å². The van der Waals surface area contributed by atoms with Gasteiger partial charge in [-0.25, -0.2) is 4.39 Å². The standard InChI is InChI=1S/C8HF17O3S/c9-2(10,1(5(14,15)16,6(17,18)19)7(20,21)22)3(11,12)4(13,8(23,24)25)29(26,27)28/h(H,26,27,28). The summed E-state index contributed by atoms with van der Waals surface area (Å²) in [5.41, 5.74) is -9.11. The predicted molar refractivity (Wildman–Crippen MR) is 51.9 cm³/mol. The van der Waals surface area contributed by atoms with Gasteiger partial charge in [0.15, 0.2) is 0 Å². The van der Waals surface area contributed by atoms with E-state index < -0.39 is 57.1 Å². The summed E-state index contributed by atoms with van der Waals surface area (Å²) in [5.74, 6) is -18.3. The van der Waals surface area contributed by atoms with Crippen LogP contribution in [0.25, 0.3) is 0 Å². The van der Waals surface area contributed by atoms with Crippen LogP contribution in [0, 0.1) is 5.41 Å². The minimum atomic E-state index is -9.28. The third-order valence-electron chi connectivity index (χ3n) is 3.26. The molecule has 0 amide bonds. The van der Waals surface area contributed by atoms with E-state index in [0.29, 0.717) is 0 Å². The first kappa shape index (κ1) is 27.7. The van der Waals surface area contributed by atoms with Crippen LogP contribution in [-0.2, 0) is 10.1 Å². The lowest BCUT2D eigenvalue weighted by molar-refractivity contribution is -0.505. The average molecular weight is 500 g/mol. The van der Waals surface area contributed by atoms with Crippen LogP contribution in [0.5, 0.6) is 0 Å². The average Bonchev–Trinajstić information content (AvgIpc) is 2.28. The SMILES string of the molecule is O=S(=O)(O)C(F)(C(F)(F)F)C(F)(F)C(F)(F)C(C(F)(F)F)(C(F)(F)F)C(F)(F)F. The van der Waals surface area contributed by atoms with Crippen molar-refractivity contribution in [3.63, 3.8) is 0 Å². The molecule has 1 atom stereocenters. The molecule has 0 spiro atoms. The minimum Gasteiger partial charge on any atom is -0.283 e. The normalized spacial score (nSPS) is 18.6. The Bertz CT molecular complexity index is 686. The second-order valence-corrected chi connectivity index (χ2v) is 6.47. The molecule has 3 nitrogen and oxygen atoms in total. The smallest absolute Gasteiger partial charge is 0.283 e. The fourth-order valence-electron chi connectivity index (χ4n) is 1.94. The van der Waals surface area contributed by atoms with Crippen LogP contribution >= 0.6 is 0 Å². The molecule has 176 valence electrons. The summed E-state index contributed by atoms with van der Waals surface area (Å²) >= 11 is 0. The van der Waals surface area contributed by atoms with Gasteiger partial charge in [-0.3, -0.25) is 4.55 Å². The fraction of sp³-hybridized carbons (Fsp3) is 1.00. The highest BCUT2D eigenvalue weighted by Crippen LogP contribution is 2.71. The molecule has 0 heterocycles. The summed E-state index contributed by atoms with van der Waals surface area (Å²) < 4.78 is 245. The molecule has 0 aromatic heterocycles. The lowest BCUT2D eigenvalue weighted by Gasteiger charge is -2.47. The van der Waals surface area contributed by atoms with Gasteiger partial charge in [0.25, 0.3) is 0 Å². The molecule has 0 bridgehead atoms. The maximum atomic E-state index is 13.5. The Labute approximate surface area is 146 Å². The predicted octanol–water partition coefficient (Wildman–Crippen LogP) is 5.05. The molecular weight excluding hydrogens is 499 g/mol. The van der Waals surface area contributed by atoms with E-state index >= 15 is 0 Å². The molecule has 0 aliphatic heterocycles. The fourth-order valence-corrected chi connectivity index (χ4v) is 2.68. The van der Waals surface area contributed by atoms with Gasteiger partial charge in [-0.15, -0.1) is 0 Å². The van der Waals surface area contributed by atoms with Crippen molar-refractivity contribution >= 4 is 10.1 Å². The van der Waals surface area contributed by atoms with Gasteiger partial charge in [-0.2, -0.15) is 78.7 Å². The van der Waals surface area contributed by atoms with Crippen LogP contribution < -0.4 is 0 Å². The van der Waals surface area contributed by atoms with E-state index in [2.05, 4.69) is 0 Å². The molecule has 21 heteroatoms. The molecule has 0 radical (unpaired) electrons. The minimum absolute atomic E-state index is 7.87. The molecule has 29 heavy (non-hydrogen) atoms. The first-order valence-electron chi connectivity index (χ1n) is 5.68. The van der Waals surface area contributed by atoms with Crippen molar-refractivity contribution in [1.82, 2.24) is 0 Å². The molecular formula is C8HF17O3S. The van der Waals surface area contributed by atoms with Crippen LogP contribution in [0.15, 0.2) is 0 Å². The van der Waals surface area contributed by atoms with Crippen LogP contribution in [0.2, 0.25) is 0 Å². The zero-order chi connectivity index (χ0) is 24.5. The van der Waals surface area contributed by atoms with Gasteiger partial charge < -0.3 is 0 Å².